The number of ether oxygens (including phenoxy) is 3. The molecule has 0 aromatic rings. The van der Waals surface area contributed by atoms with Gasteiger partial charge in [-0.2, -0.15) is 0 Å². The third kappa shape index (κ3) is 49.5. The zero-order chi connectivity index (χ0) is 45.8. The van der Waals surface area contributed by atoms with Crippen LogP contribution in [0.15, 0.2) is 85.1 Å². The van der Waals surface area contributed by atoms with Crippen LogP contribution in [0, 0.1) is 0 Å². The van der Waals surface area contributed by atoms with Gasteiger partial charge in [0.15, 0.2) is 6.10 Å². The van der Waals surface area contributed by atoms with Gasteiger partial charge in [0.25, 0.3) is 0 Å². The molecule has 0 saturated heterocycles. The molecule has 0 aliphatic rings. The van der Waals surface area contributed by atoms with Crippen molar-refractivity contribution in [2.45, 2.75) is 245 Å². The summed E-state index contributed by atoms with van der Waals surface area (Å²) in [5.74, 6) is -0.921. The molecule has 0 spiro atoms. The summed E-state index contributed by atoms with van der Waals surface area (Å²) in [6.45, 7) is 6.42. The number of carbonyl (C=O) groups is 3. The van der Waals surface area contributed by atoms with Crippen molar-refractivity contribution >= 4 is 17.9 Å². The molecule has 6 heteroatoms. The van der Waals surface area contributed by atoms with E-state index in [1.165, 1.54) is 83.5 Å². The van der Waals surface area contributed by atoms with Crippen LogP contribution >= 0.6 is 0 Å². The van der Waals surface area contributed by atoms with Gasteiger partial charge in [-0.25, -0.2) is 0 Å². The summed E-state index contributed by atoms with van der Waals surface area (Å²) in [7, 11) is 0. The molecule has 1 unspecified atom stereocenters. The maximum absolute atomic E-state index is 12.7. The molecule has 0 rings (SSSR count). The molecule has 0 radical (unpaired) electrons. The number of hydrogen-bond acceptors (Lipinski definition) is 6. The molecule has 360 valence electrons. The van der Waals surface area contributed by atoms with Crippen LogP contribution in [0.1, 0.15) is 239 Å². The quantitative estimate of drug-likeness (QED) is 0.0262. The van der Waals surface area contributed by atoms with Gasteiger partial charge in [-0.15, -0.1) is 0 Å². The number of esters is 3. The fraction of sp³-hybridized carbons (Fsp3) is 0.702. The highest BCUT2D eigenvalue weighted by Crippen LogP contribution is 2.14. The van der Waals surface area contributed by atoms with Crippen molar-refractivity contribution < 1.29 is 28.6 Å². The Bertz CT molecular complexity index is 1240. The predicted molar refractivity (Wildman–Crippen MR) is 270 cm³/mol. The second kappa shape index (κ2) is 51.2. The second-order valence-electron chi connectivity index (χ2n) is 17.0. The summed E-state index contributed by atoms with van der Waals surface area (Å²) in [4.78, 5) is 37.9. The molecule has 0 fully saturated rings. The minimum atomic E-state index is -0.787. The highest BCUT2D eigenvalue weighted by molar-refractivity contribution is 5.71. The summed E-state index contributed by atoms with van der Waals surface area (Å²) >= 11 is 0. The van der Waals surface area contributed by atoms with Crippen LogP contribution in [0.3, 0.4) is 0 Å². The van der Waals surface area contributed by atoms with Crippen molar-refractivity contribution in [1.29, 1.82) is 0 Å². The van der Waals surface area contributed by atoms with Gasteiger partial charge >= 0.3 is 17.9 Å². The molecule has 0 aromatic heterocycles. The number of carbonyl (C=O) groups excluding carboxylic acids is 3. The molecule has 0 amide bonds. The number of allylic oxidation sites excluding steroid dienone is 14. The lowest BCUT2D eigenvalue weighted by molar-refractivity contribution is -0.167. The van der Waals surface area contributed by atoms with Crippen LogP contribution in [0.25, 0.3) is 0 Å². The zero-order valence-corrected chi connectivity index (χ0v) is 41.1. The number of unbranched alkanes of at least 4 members (excludes halogenated alkanes) is 21. The predicted octanol–water partition coefficient (Wildman–Crippen LogP) is 17.2. The maximum atomic E-state index is 12.7. The fourth-order valence-corrected chi connectivity index (χ4v) is 6.90. The molecule has 0 saturated carbocycles. The Labute approximate surface area is 388 Å². The smallest absolute Gasteiger partial charge is 0.306 e. The summed E-state index contributed by atoms with van der Waals surface area (Å²) in [6, 6.07) is 0. The van der Waals surface area contributed by atoms with Crippen LogP contribution in [-0.4, -0.2) is 37.2 Å². The van der Waals surface area contributed by atoms with Gasteiger partial charge in [-0.05, 0) is 103 Å². The third-order valence-electron chi connectivity index (χ3n) is 10.9. The fourth-order valence-electron chi connectivity index (χ4n) is 6.90. The molecule has 0 aromatic carbocycles. The van der Waals surface area contributed by atoms with Gasteiger partial charge in [-0.1, -0.05) is 202 Å². The Hall–Kier alpha value is -3.41. The highest BCUT2D eigenvalue weighted by Gasteiger charge is 2.19. The molecule has 6 nitrogen and oxygen atoms in total. The van der Waals surface area contributed by atoms with Crippen LogP contribution in [0.5, 0.6) is 0 Å². The van der Waals surface area contributed by atoms with E-state index in [1.807, 2.05) is 0 Å². The minimum absolute atomic E-state index is 0.0882. The molecule has 0 aliphatic carbocycles. The van der Waals surface area contributed by atoms with Crippen molar-refractivity contribution in [3.05, 3.63) is 85.1 Å². The Kier molecular flexibility index (Phi) is 48.5. The van der Waals surface area contributed by atoms with Crippen molar-refractivity contribution in [3.63, 3.8) is 0 Å². The minimum Gasteiger partial charge on any atom is -0.462 e. The van der Waals surface area contributed by atoms with Crippen LogP contribution in [0.2, 0.25) is 0 Å². The third-order valence-corrected chi connectivity index (χ3v) is 10.9. The number of hydrogen-bond donors (Lipinski definition) is 0. The lowest BCUT2D eigenvalue weighted by Crippen LogP contribution is -2.30. The summed E-state index contributed by atoms with van der Waals surface area (Å²) in [5, 5.41) is 0. The molecule has 0 N–H and O–H groups in total. The van der Waals surface area contributed by atoms with Gasteiger partial charge < -0.3 is 14.2 Å². The van der Waals surface area contributed by atoms with Crippen LogP contribution in [-0.2, 0) is 28.6 Å². The van der Waals surface area contributed by atoms with E-state index >= 15 is 0 Å². The lowest BCUT2D eigenvalue weighted by Gasteiger charge is -2.18. The van der Waals surface area contributed by atoms with E-state index in [0.717, 1.165) is 116 Å². The lowest BCUT2D eigenvalue weighted by atomic mass is 10.1. The second-order valence-corrected chi connectivity index (χ2v) is 17.0. The van der Waals surface area contributed by atoms with E-state index in [0.29, 0.717) is 19.3 Å². The average molecular weight is 877 g/mol. The van der Waals surface area contributed by atoms with E-state index in [4.69, 9.17) is 14.2 Å². The number of rotatable bonds is 46. The van der Waals surface area contributed by atoms with Gasteiger partial charge in [0.1, 0.15) is 13.2 Å². The Morgan fingerprint density at radius 1 is 0.333 bits per heavy atom. The summed E-state index contributed by atoms with van der Waals surface area (Å²) < 4.78 is 16.7. The van der Waals surface area contributed by atoms with Gasteiger partial charge in [-0.3, -0.25) is 14.4 Å². The topological polar surface area (TPSA) is 78.9 Å². The first-order valence-corrected chi connectivity index (χ1v) is 26.1. The van der Waals surface area contributed by atoms with E-state index in [-0.39, 0.29) is 31.1 Å². The Morgan fingerprint density at radius 2 is 0.619 bits per heavy atom. The zero-order valence-electron chi connectivity index (χ0n) is 41.1. The van der Waals surface area contributed by atoms with Crippen molar-refractivity contribution in [3.8, 4) is 0 Å². The molecule has 0 aliphatic heterocycles. The van der Waals surface area contributed by atoms with Crippen molar-refractivity contribution in [2.75, 3.05) is 13.2 Å². The first-order valence-electron chi connectivity index (χ1n) is 26.1. The molecule has 0 heterocycles. The first-order chi connectivity index (χ1) is 31.0. The van der Waals surface area contributed by atoms with Gasteiger partial charge in [0.05, 0.1) is 0 Å². The van der Waals surface area contributed by atoms with Crippen molar-refractivity contribution in [2.24, 2.45) is 0 Å². The largest absolute Gasteiger partial charge is 0.462 e. The van der Waals surface area contributed by atoms with Crippen molar-refractivity contribution in [1.82, 2.24) is 0 Å². The van der Waals surface area contributed by atoms with Gasteiger partial charge in [0, 0.05) is 19.3 Å². The first kappa shape index (κ1) is 59.6. The van der Waals surface area contributed by atoms with E-state index < -0.39 is 6.10 Å². The normalized spacial score (nSPS) is 12.7. The van der Waals surface area contributed by atoms with Crippen LogP contribution < -0.4 is 0 Å². The van der Waals surface area contributed by atoms with E-state index in [9.17, 15) is 14.4 Å². The monoisotopic (exact) mass is 877 g/mol. The highest BCUT2D eigenvalue weighted by atomic mass is 16.6. The molecular weight excluding hydrogens is 781 g/mol. The Morgan fingerprint density at radius 3 is 0.984 bits per heavy atom. The summed E-state index contributed by atoms with van der Waals surface area (Å²) in [5.41, 5.74) is 0. The average Bonchev–Trinajstić information content (AvgIpc) is 3.28. The molecule has 1 atom stereocenters. The molecular formula is C57H96O6. The maximum Gasteiger partial charge on any atom is 0.306 e. The van der Waals surface area contributed by atoms with Gasteiger partial charge in [0.2, 0.25) is 0 Å². The standard InChI is InChI=1S/C57H96O6/c1-4-7-10-13-16-19-22-23-24-25-26-27-28-29-30-31-32-33-36-38-41-44-47-50-56(59)62-53-54(63-57(60)51-48-45-42-39-35-21-18-15-12-9-6-3)52-61-55(58)49-46-43-40-37-34-20-17-14-11-8-5-2/h7,10,14-19,23-24,26-27,29-30,54H,4-6,8-9,11-13,20-22,25,28,31-53H2,1-3H3/b10-7-,17-14-,18-15-,19-16-,24-23-,27-26-,30-29-. The molecule has 63 heavy (non-hydrogen) atoms. The Balaban J connectivity index is 4.31. The SMILES string of the molecule is CC/C=C\C/C=C\C/C=C\C/C=C\C/C=C\CCCCCCCCCC(=O)OCC(COC(=O)CCCCCCC/C=C\CCCC)OC(=O)CCCCCCC/C=C\CCCC. The van der Waals surface area contributed by atoms with Crippen LogP contribution in [0.4, 0.5) is 0 Å². The van der Waals surface area contributed by atoms with E-state index in [2.05, 4.69) is 106 Å². The van der Waals surface area contributed by atoms with E-state index in [1.54, 1.807) is 0 Å². The molecule has 0 bridgehead atoms. The summed E-state index contributed by atoms with van der Waals surface area (Å²) in [6.07, 6.45) is 65.7.